The lowest BCUT2D eigenvalue weighted by Gasteiger charge is -2.34. The summed E-state index contributed by atoms with van der Waals surface area (Å²) in [5.74, 6) is 0.919. The summed E-state index contributed by atoms with van der Waals surface area (Å²) in [6.45, 7) is 5.30. The molecule has 1 aliphatic heterocycles. The lowest BCUT2D eigenvalue weighted by atomic mass is 10.1. The van der Waals surface area contributed by atoms with Gasteiger partial charge < -0.3 is 24.7 Å². The number of amides is 1. The van der Waals surface area contributed by atoms with Crippen molar-refractivity contribution in [1.29, 1.82) is 0 Å². The van der Waals surface area contributed by atoms with Crippen LogP contribution in [-0.4, -0.2) is 49.6 Å². The van der Waals surface area contributed by atoms with E-state index < -0.39 is 0 Å². The molecule has 1 aromatic carbocycles. The van der Waals surface area contributed by atoms with Gasteiger partial charge in [0.15, 0.2) is 11.7 Å². The zero-order valence-corrected chi connectivity index (χ0v) is 16.5. The van der Waals surface area contributed by atoms with Crippen LogP contribution in [0.25, 0.3) is 0 Å². The van der Waals surface area contributed by atoms with Crippen LogP contribution in [0.4, 0.5) is 5.69 Å². The molecule has 0 aliphatic carbocycles. The minimum Gasteiger partial charge on any atom is -0.459 e. The molecule has 1 amide bonds. The molecule has 2 heterocycles. The number of furan rings is 1. The van der Waals surface area contributed by atoms with Crippen LogP contribution < -0.4 is 10.6 Å². The lowest BCUT2D eigenvalue weighted by molar-refractivity contribution is 0.0263. The Morgan fingerprint density at radius 2 is 2.11 bits per heavy atom. The summed E-state index contributed by atoms with van der Waals surface area (Å²) in [6.07, 6.45) is 3.87. The van der Waals surface area contributed by atoms with Crippen molar-refractivity contribution >= 4 is 17.6 Å². The maximum atomic E-state index is 12.1. The lowest BCUT2D eigenvalue weighted by Crippen LogP contribution is -2.46. The van der Waals surface area contributed by atoms with Crippen LogP contribution in [0.3, 0.4) is 0 Å². The first kappa shape index (κ1) is 19.9. The van der Waals surface area contributed by atoms with Gasteiger partial charge in [-0.15, -0.1) is 0 Å². The molecule has 7 heteroatoms. The highest BCUT2D eigenvalue weighted by atomic mass is 16.5. The molecule has 2 aromatic rings. The van der Waals surface area contributed by atoms with Crippen LogP contribution in [0.1, 0.15) is 35.9 Å². The number of ether oxygens (including phenoxy) is 1. The Morgan fingerprint density at radius 1 is 1.29 bits per heavy atom. The Morgan fingerprint density at radius 3 is 2.79 bits per heavy atom. The maximum absolute atomic E-state index is 12.1. The van der Waals surface area contributed by atoms with Crippen LogP contribution in [0.5, 0.6) is 0 Å². The Balaban J connectivity index is 1.53. The predicted octanol–water partition coefficient (Wildman–Crippen LogP) is 3.11. The van der Waals surface area contributed by atoms with Crippen LogP contribution >= 0.6 is 0 Å². The van der Waals surface area contributed by atoms with Gasteiger partial charge in [0, 0.05) is 39.0 Å². The van der Waals surface area contributed by atoms with Crippen molar-refractivity contribution in [3.8, 4) is 0 Å². The fourth-order valence-corrected chi connectivity index (χ4v) is 3.34. The van der Waals surface area contributed by atoms with Crippen molar-refractivity contribution in [3.63, 3.8) is 0 Å². The topological polar surface area (TPSA) is 79.1 Å². The first-order valence-electron chi connectivity index (χ1n) is 9.70. The smallest absolute Gasteiger partial charge is 0.291 e. The van der Waals surface area contributed by atoms with Crippen molar-refractivity contribution < 1.29 is 13.9 Å². The van der Waals surface area contributed by atoms with Gasteiger partial charge in [0.1, 0.15) is 0 Å². The zero-order valence-electron chi connectivity index (χ0n) is 16.5. The normalized spacial score (nSPS) is 15.5. The number of nitrogens with one attached hydrogen (secondary N) is 2. The SMILES string of the molecule is CCOC1CCN(C(=NC)NCc2cccc(NC(=O)c3ccco3)c2)CC1. The maximum Gasteiger partial charge on any atom is 0.291 e. The monoisotopic (exact) mass is 384 g/mol. The van der Waals surface area contributed by atoms with Crippen molar-refractivity contribution in [1.82, 2.24) is 10.2 Å². The largest absolute Gasteiger partial charge is 0.459 e. The number of hydrogen-bond acceptors (Lipinski definition) is 4. The van der Waals surface area contributed by atoms with E-state index in [9.17, 15) is 4.79 Å². The van der Waals surface area contributed by atoms with Gasteiger partial charge in [0.2, 0.25) is 0 Å². The molecule has 0 saturated carbocycles. The van der Waals surface area contributed by atoms with E-state index in [1.807, 2.05) is 31.2 Å². The van der Waals surface area contributed by atoms with Crippen molar-refractivity contribution in [2.45, 2.75) is 32.4 Å². The minimum atomic E-state index is -0.261. The number of benzene rings is 1. The summed E-state index contributed by atoms with van der Waals surface area (Å²) >= 11 is 0. The standard InChI is InChI=1S/C21H28N4O3/c1-3-27-18-9-11-25(12-10-18)21(22-2)23-15-16-6-4-7-17(14-16)24-20(26)19-8-5-13-28-19/h4-8,13-14,18H,3,9-12,15H2,1-2H3,(H,22,23)(H,24,26). The highest BCUT2D eigenvalue weighted by Crippen LogP contribution is 2.15. The number of aliphatic imine (C=N–C) groups is 1. The van der Waals surface area contributed by atoms with Crippen LogP contribution in [-0.2, 0) is 11.3 Å². The molecule has 0 unspecified atom stereocenters. The summed E-state index contributed by atoms with van der Waals surface area (Å²) in [6, 6.07) is 11.1. The van der Waals surface area contributed by atoms with Gasteiger partial charge in [-0.1, -0.05) is 12.1 Å². The number of guanidine groups is 1. The number of nitrogens with zero attached hydrogens (tertiary/aromatic N) is 2. The summed E-state index contributed by atoms with van der Waals surface area (Å²) in [4.78, 5) is 18.8. The van der Waals surface area contributed by atoms with E-state index in [1.165, 1.54) is 6.26 Å². The molecular formula is C21H28N4O3. The molecule has 0 atom stereocenters. The van der Waals surface area contributed by atoms with Gasteiger partial charge in [-0.05, 0) is 49.6 Å². The third-order valence-electron chi connectivity index (χ3n) is 4.74. The second-order valence-corrected chi connectivity index (χ2v) is 6.67. The number of hydrogen-bond donors (Lipinski definition) is 2. The second kappa shape index (κ2) is 9.94. The Labute approximate surface area is 165 Å². The molecule has 0 bridgehead atoms. The van der Waals surface area contributed by atoms with Gasteiger partial charge >= 0.3 is 0 Å². The van der Waals surface area contributed by atoms with E-state index in [0.717, 1.165) is 49.7 Å². The minimum absolute atomic E-state index is 0.261. The third-order valence-corrected chi connectivity index (χ3v) is 4.74. The van der Waals surface area contributed by atoms with E-state index >= 15 is 0 Å². The molecule has 1 saturated heterocycles. The van der Waals surface area contributed by atoms with Crippen LogP contribution in [0.2, 0.25) is 0 Å². The summed E-state index contributed by atoms with van der Waals surface area (Å²) in [7, 11) is 1.80. The molecule has 3 rings (SSSR count). The molecule has 1 aliphatic rings. The van der Waals surface area contributed by atoms with Gasteiger partial charge in [-0.25, -0.2) is 0 Å². The highest BCUT2D eigenvalue weighted by Gasteiger charge is 2.21. The number of likely N-dealkylation sites (tertiary alicyclic amines) is 1. The fourth-order valence-electron chi connectivity index (χ4n) is 3.34. The first-order chi connectivity index (χ1) is 13.7. The highest BCUT2D eigenvalue weighted by molar-refractivity contribution is 6.02. The number of carbonyl (C=O) groups excluding carboxylic acids is 1. The van der Waals surface area contributed by atoms with Crippen LogP contribution in [0.15, 0.2) is 52.1 Å². The Bertz CT molecular complexity index is 781. The van der Waals surface area contributed by atoms with E-state index in [1.54, 1.807) is 19.2 Å². The molecule has 0 spiro atoms. The molecule has 28 heavy (non-hydrogen) atoms. The van der Waals surface area contributed by atoms with E-state index in [-0.39, 0.29) is 5.91 Å². The zero-order chi connectivity index (χ0) is 19.8. The molecule has 150 valence electrons. The average molecular weight is 384 g/mol. The number of piperidine rings is 1. The number of anilines is 1. The van der Waals surface area contributed by atoms with Crippen molar-refractivity contribution in [2.24, 2.45) is 4.99 Å². The summed E-state index contributed by atoms with van der Waals surface area (Å²) < 4.78 is 10.8. The Hall–Kier alpha value is -2.80. The van der Waals surface area contributed by atoms with Gasteiger partial charge in [0.05, 0.1) is 12.4 Å². The van der Waals surface area contributed by atoms with Gasteiger partial charge in [0.25, 0.3) is 5.91 Å². The van der Waals surface area contributed by atoms with Crippen LogP contribution in [0, 0.1) is 0 Å². The molecular weight excluding hydrogens is 356 g/mol. The molecule has 1 aromatic heterocycles. The molecule has 2 N–H and O–H groups in total. The predicted molar refractivity (Wildman–Crippen MR) is 110 cm³/mol. The van der Waals surface area contributed by atoms with Crippen molar-refractivity contribution in [3.05, 3.63) is 54.0 Å². The Kier molecular flexibility index (Phi) is 7.08. The molecule has 1 fully saturated rings. The molecule has 0 radical (unpaired) electrons. The third kappa shape index (κ3) is 5.36. The second-order valence-electron chi connectivity index (χ2n) is 6.67. The van der Waals surface area contributed by atoms with Gasteiger partial charge in [-0.3, -0.25) is 9.79 Å². The quantitative estimate of drug-likeness (QED) is 0.591. The van der Waals surface area contributed by atoms with Gasteiger partial charge in [-0.2, -0.15) is 0 Å². The fraction of sp³-hybridized carbons (Fsp3) is 0.429. The van der Waals surface area contributed by atoms with E-state index in [2.05, 4.69) is 20.5 Å². The summed E-state index contributed by atoms with van der Waals surface area (Å²) in [5.41, 5.74) is 1.79. The van der Waals surface area contributed by atoms with E-state index in [0.29, 0.717) is 18.4 Å². The first-order valence-corrected chi connectivity index (χ1v) is 9.70. The molecule has 7 nitrogen and oxygen atoms in total. The average Bonchev–Trinajstić information content (AvgIpc) is 3.25. The van der Waals surface area contributed by atoms with Crippen molar-refractivity contribution in [2.75, 3.05) is 32.1 Å². The number of carbonyl (C=O) groups is 1. The number of rotatable bonds is 6. The summed E-state index contributed by atoms with van der Waals surface area (Å²) in [5, 5.41) is 6.27. The van der Waals surface area contributed by atoms with E-state index in [4.69, 9.17) is 9.15 Å².